The molecule has 1 aromatic heterocycles. The third-order valence-corrected chi connectivity index (χ3v) is 7.74. The van der Waals surface area contributed by atoms with E-state index in [1.54, 1.807) is 6.92 Å². The van der Waals surface area contributed by atoms with Crippen molar-refractivity contribution in [3.05, 3.63) is 22.5 Å². The number of carbonyl (C=O) groups is 3. The molecular weight excluding hydrogens is 444 g/mol. The van der Waals surface area contributed by atoms with Crippen molar-refractivity contribution in [3.63, 3.8) is 0 Å². The molecule has 1 atom stereocenters. The Bertz CT molecular complexity index is 873. The van der Waals surface area contributed by atoms with E-state index >= 15 is 0 Å². The van der Waals surface area contributed by atoms with Gasteiger partial charge in [-0.3, -0.25) is 9.59 Å². The molecule has 2 fully saturated rings. The average molecular weight is 489 g/mol. The van der Waals surface area contributed by atoms with E-state index in [1.807, 2.05) is 18.7 Å². The molecule has 3 heterocycles. The minimum atomic E-state index is -0.355. The number of aromatic amines is 1. The van der Waals surface area contributed by atoms with Crippen LogP contribution in [0.1, 0.15) is 86.1 Å². The van der Waals surface area contributed by atoms with Crippen LogP contribution in [0.4, 0.5) is 0 Å². The summed E-state index contributed by atoms with van der Waals surface area (Å²) in [5, 5.41) is 3.12. The molecule has 8 nitrogen and oxygen atoms in total. The van der Waals surface area contributed by atoms with Crippen LogP contribution in [0.5, 0.6) is 0 Å². The number of amides is 2. The van der Waals surface area contributed by atoms with Gasteiger partial charge in [0.15, 0.2) is 0 Å². The minimum absolute atomic E-state index is 0.00532. The number of carbonyl (C=O) groups excluding carboxylic acids is 3. The molecule has 35 heavy (non-hydrogen) atoms. The second kappa shape index (κ2) is 13.1. The monoisotopic (exact) mass is 488 g/mol. The summed E-state index contributed by atoms with van der Waals surface area (Å²) in [6.45, 7) is 12.4. The Hall–Kier alpha value is -2.35. The summed E-state index contributed by atoms with van der Waals surface area (Å²) in [5.41, 5.74) is 3.25. The zero-order valence-corrected chi connectivity index (χ0v) is 22.1. The Morgan fingerprint density at radius 3 is 2.51 bits per heavy atom. The predicted molar refractivity (Wildman–Crippen MR) is 136 cm³/mol. The van der Waals surface area contributed by atoms with Gasteiger partial charge in [-0.25, -0.2) is 4.79 Å². The molecule has 0 radical (unpaired) electrons. The predicted octanol–water partition coefficient (Wildman–Crippen LogP) is 3.36. The van der Waals surface area contributed by atoms with Crippen LogP contribution >= 0.6 is 0 Å². The summed E-state index contributed by atoms with van der Waals surface area (Å²) in [6, 6.07) is 0.658. The van der Waals surface area contributed by atoms with Crippen molar-refractivity contribution in [2.24, 2.45) is 5.92 Å². The van der Waals surface area contributed by atoms with Crippen LogP contribution in [0.2, 0.25) is 0 Å². The quantitative estimate of drug-likeness (QED) is 0.389. The van der Waals surface area contributed by atoms with Crippen LogP contribution in [-0.4, -0.2) is 77.9 Å². The van der Waals surface area contributed by atoms with Crippen LogP contribution in [0.25, 0.3) is 0 Å². The molecule has 8 heteroatoms. The summed E-state index contributed by atoms with van der Waals surface area (Å²) in [7, 11) is 0. The highest BCUT2D eigenvalue weighted by atomic mass is 16.5. The van der Waals surface area contributed by atoms with Crippen molar-refractivity contribution in [1.82, 2.24) is 20.1 Å². The van der Waals surface area contributed by atoms with E-state index in [-0.39, 0.29) is 23.7 Å². The van der Waals surface area contributed by atoms with Crippen molar-refractivity contribution < 1.29 is 19.1 Å². The lowest BCUT2D eigenvalue weighted by atomic mass is 9.95. The fraction of sp³-hybridized carbons (Fsp3) is 0.741. The first kappa shape index (κ1) is 27.2. The number of H-pyrrole nitrogens is 1. The smallest absolute Gasteiger partial charge is 0.355 e. The van der Waals surface area contributed by atoms with E-state index in [2.05, 4.69) is 22.1 Å². The Balaban J connectivity index is 1.37. The SMILES string of the molecule is CCOC(=O)c1[nH]c(C)c(CCC(=O)N2CCC(C(=O)NCCCN3CCCC[C@H]3C)CC2)c1C. The highest BCUT2D eigenvalue weighted by Gasteiger charge is 2.27. The largest absolute Gasteiger partial charge is 0.461 e. The van der Waals surface area contributed by atoms with E-state index in [4.69, 9.17) is 4.74 Å². The van der Waals surface area contributed by atoms with Gasteiger partial charge in [0.05, 0.1) is 6.61 Å². The zero-order valence-electron chi connectivity index (χ0n) is 22.1. The molecule has 0 bridgehead atoms. The molecule has 0 aliphatic carbocycles. The Morgan fingerprint density at radius 1 is 1.09 bits per heavy atom. The fourth-order valence-corrected chi connectivity index (χ4v) is 5.48. The molecule has 2 aliphatic rings. The number of piperidine rings is 2. The summed E-state index contributed by atoms with van der Waals surface area (Å²) in [5.74, 6) is -0.118. The summed E-state index contributed by atoms with van der Waals surface area (Å²) in [6.07, 6.45) is 7.30. The third-order valence-electron chi connectivity index (χ3n) is 7.74. The van der Waals surface area contributed by atoms with Crippen LogP contribution in [-0.2, 0) is 20.7 Å². The number of nitrogens with zero attached hydrogens (tertiary/aromatic N) is 2. The normalized spacial score (nSPS) is 19.5. The van der Waals surface area contributed by atoms with Gasteiger partial charge in [0.25, 0.3) is 0 Å². The van der Waals surface area contributed by atoms with Gasteiger partial charge >= 0.3 is 5.97 Å². The maximum Gasteiger partial charge on any atom is 0.355 e. The Labute approximate surface area is 210 Å². The summed E-state index contributed by atoms with van der Waals surface area (Å²) in [4.78, 5) is 45.1. The molecule has 0 aromatic carbocycles. The van der Waals surface area contributed by atoms with Crippen LogP contribution in [0, 0.1) is 19.8 Å². The molecule has 196 valence electrons. The van der Waals surface area contributed by atoms with Gasteiger partial charge in [-0.2, -0.15) is 0 Å². The number of hydrogen-bond donors (Lipinski definition) is 2. The number of hydrogen-bond acceptors (Lipinski definition) is 5. The van der Waals surface area contributed by atoms with E-state index < -0.39 is 0 Å². The van der Waals surface area contributed by atoms with Crippen molar-refractivity contribution in [1.29, 1.82) is 0 Å². The number of esters is 1. The maximum absolute atomic E-state index is 12.8. The molecule has 0 saturated carbocycles. The lowest BCUT2D eigenvalue weighted by Crippen LogP contribution is -2.44. The second-order valence-electron chi connectivity index (χ2n) is 10.1. The number of rotatable bonds is 10. The molecule has 0 unspecified atom stereocenters. The van der Waals surface area contributed by atoms with Gasteiger partial charge < -0.3 is 24.8 Å². The molecule has 1 aromatic rings. The van der Waals surface area contributed by atoms with Gasteiger partial charge in [-0.05, 0) is 83.9 Å². The summed E-state index contributed by atoms with van der Waals surface area (Å²) >= 11 is 0. The van der Waals surface area contributed by atoms with Crippen molar-refractivity contribution >= 4 is 17.8 Å². The van der Waals surface area contributed by atoms with Crippen LogP contribution in [0.3, 0.4) is 0 Å². The van der Waals surface area contributed by atoms with Gasteiger partial charge in [-0.1, -0.05) is 6.42 Å². The standard InChI is InChI=1S/C27H44N4O4/c1-5-35-27(34)25-20(3)23(21(4)29-25)10-11-24(32)31-17-12-22(13-18-31)26(33)28-14-8-16-30-15-7-6-9-19(30)2/h19,22,29H,5-18H2,1-4H3,(H,28,33)/t19-/m1/s1. The van der Waals surface area contributed by atoms with Crippen molar-refractivity contribution in [2.45, 2.75) is 85.1 Å². The topological polar surface area (TPSA) is 94.7 Å². The van der Waals surface area contributed by atoms with Gasteiger partial charge in [0, 0.05) is 50.3 Å². The zero-order chi connectivity index (χ0) is 25.4. The molecule has 2 amide bonds. The average Bonchev–Trinajstić information content (AvgIpc) is 3.14. The highest BCUT2D eigenvalue weighted by molar-refractivity contribution is 5.90. The molecule has 2 saturated heterocycles. The van der Waals surface area contributed by atoms with Crippen LogP contribution < -0.4 is 5.32 Å². The fourth-order valence-electron chi connectivity index (χ4n) is 5.48. The lowest BCUT2D eigenvalue weighted by Gasteiger charge is -2.33. The second-order valence-corrected chi connectivity index (χ2v) is 10.1. The van der Waals surface area contributed by atoms with Crippen molar-refractivity contribution in [3.8, 4) is 0 Å². The maximum atomic E-state index is 12.8. The van der Waals surface area contributed by atoms with Gasteiger partial charge in [0.1, 0.15) is 5.69 Å². The highest BCUT2D eigenvalue weighted by Crippen LogP contribution is 2.23. The molecule has 3 rings (SSSR count). The summed E-state index contributed by atoms with van der Waals surface area (Å²) < 4.78 is 5.11. The van der Waals surface area contributed by atoms with Crippen LogP contribution in [0.15, 0.2) is 0 Å². The Kier molecular flexibility index (Phi) is 10.2. The molecule has 2 N–H and O–H groups in total. The number of ether oxygens (including phenoxy) is 1. The van der Waals surface area contributed by atoms with E-state index in [9.17, 15) is 14.4 Å². The number of nitrogens with one attached hydrogen (secondary N) is 2. The van der Waals surface area contributed by atoms with E-state index in [0.717, 1.165) is 49.2 Å². The molecule has 2 aliphatic heterocycles. The first-order valence-corrected chi connectivity index (χ1v) is 13.5. The van der Waals surface area contributed by atoms with E-state index in [1.165, 1.54) is 25.8 Å². The Morgan fingerprint density at radius 2 is 1.83 bits per heavy atom. The van der Waals surface area contributed by atoms with E-state index in [0.29, 0.717) is 44.3 Å². The van der Waals surface area contributed by atoms with Crippen molar-refractivity contribution in [2.75, 3.05) is 39.3 Å². The van der Waals surface area contributed by atoms with Gasteiger partial charge in [-0.15, -0.1) is 0 Å². The van der Waals surface area contributed by atoms with Gasteiger partial charge in [0.2, 0.25) is 11.8 Å². The first-order chi connectivity index (χ1) is 16.8. The lowest BCUT2D eigenvalue weighted by molar-refractivity contribution is -0.135. The number of aromatic nitrogens is 1. The number of aryl methyl sites for hydroxylation is 1. The molecule has 0 spiro atoms. The molecular formula is C27H44N4O4. The third kappa shape index (κ3) is 7.32. The first-order valence-electron chi connectivity index (χ1n) is 13.5. The minimum Gasteiger partial charge on any atom is -0.461 e. The number of likely N-dealkylation sites (tertiary alicyclic amines) is 2.